The van der Waals surface area contributed by atoms with E-state index in [1.54, 1.807) is 0 Å². The number of halogens is 5. The first kappa shape index (κ1) is 20.6. The van der Waals surface area contributed by atoms with E-state index >= 15 is 0 Å². The summed E-state index contributed by atoms with van der Waals surface area (Å²) in [5.74, 6) is -4.55. The zero-order valence-corrected chi connectivity index (χ0v) is 13.5. The maximum absolute atomic E-state index is 12.6. The molecule has 0 bridgehead atoms. The molecule has 0 saturated carbocycles. The van der Waals surface area contributed by atoms with Crippen molar-refractivity contribution in [2.45, 2.75) is 89.0 Å². The Morgan fingerprint density at radius 2 is 1.39 bits per heavy atom. The van der Waals surface area contributed by atoms with Gasteiger partial charge < -0.3 is 9.47 Å². The van der Waals surface area contributed by atoms with Crippen LogP contribution in [0.3, 0.4) is 0 Å². The van der Waals surface area contributed by atoms with E-state index in [0.29, 0.717) is 19.4 Å². The molecule has 0 aromatic heterocycles. The Kier molecular flexibility index (Phi) is 9.36. The van der Waals surface area contributed by atoms with Gasteiger partial charge in [0, 0.05) is 26.1 Å². The summed E-state index contributed by atoms with van der Waals surface area (Å²) in [6, 6.07) is 0. The predicted molar refractivity (Wildman–Crippen MR) is 77.5 cm³/mol. The van der Waals surface area contributed by atoms with Crippen LogP contribution >= 0.6 is 0 Å². The average Bonchev–Trinajstić information content (AvgIpc) is 2.96. The van der Waals surface area contributed by atoms with Gasteiger partial charge in [0.15, 0.2) is 6.29 Å². The van der Waals surface area contributed by atoms with Crippen LogP contribution in [0.2, 0.25) is 0 Å². The summed E-state index contributed by atoms with van der Waals surface area (Å²) in [6.45, 7) is 1.47. The first-order valence-corrected chi connectivity index (χ1v) is 8.51. The van der Waals surface area contributed by atoms with E-state index in [1.165, 1.54) is 0 Å². The van der Waals surface area contributed by atoms with Crippen molar-refractivity contribution in [1.29, 1.82) is 0 Å². The lowest BCUT2D eigenvalue weighted by atomic mass is 10.1. The summed E-state index contributed by atoms with van der Waals surface area (Å²) in [4.78, 5) is 0. The van der Waals surface area contributed by atoms with E-state index in [2.05, 4.69) is 0 Å². The maximum Gasteiger partial charge on any atom is 0.453 e. The molecule has 0 aliphatic carbocycles. The van der Waals surface area contributed by atoms with Crippen LogP contribution in [0.5, 0.6) is 0 Å². The molecule has 7 heteroatoms. The molecule has 1 heterocycles. The van der Waals surface area contributed by atoms with Crippen LogP contribution in [0.15, 0.2) is 0 Å². The smallest absolute Gasteiger partial charge is 0.353 e. The second-order valence-corrected chi connectivity index (χ2v) is 6.09. The molecule has 2 nitrogen and oxygen atoms in total. The molecule has 1 aliphatic heterocycles. The van der Waals surface area contributed by atoms with Crippen LogP contribution in [-0.4, -0.2) is 31.6 Å². The van der Waals surface area contributed by atoms with Crippen molar-refractivity contribution in [3.8, 4) is 0 Å². The molecule has 1 rings (SSSR count). The second kappa shape index (κ2) is 10.4. The largest absolute Gasteiger partial charge is 0.453 e. The highest BCUT2D eigenvalue weighted by molar-refractivity contribution is 4.75. The van der Waals surface area contributed by atoms with Gasteiger partial charge >= 0.3 is 12.1 Å². The first-order chi connectivity index (χ1) is 10.8. The van der Waals surface area contributed by atoms with E-state index < -0.39 is 18.5 Å². The Hall–Kier alpha value is -0.430. The number of rotatable bonds is 12. The van der Waals surface area contributed by atoms with Crippen molar-refractivity contribution >= 4 is 0 Å². The highest BCUT2D eigenvalue weighted by Gasteiger charge is 2.56. The van der Waals surface area contributed by atoms with Crippen LogP contribution < -0.4 is 0 Å². The molecule has 0 aromatic rings. The van der Waals surface area contributed by atoms with Crippen LogP contribution in [0.25, 0.3) is 0 Å². The Balaban J connectivity index is 1.82. The van der Waals surface area contributed by atoms with E-state index in [-0.39, 0.29) is 12.7 Å². The van der Waals surface area contributed by atoms with Crippen LogP contribution in [-0.2, 0) is 9.47 Å². The molecule has 0 radical (unpaired) electrons. The standard InChI is InChI=1S/C16H27F5O2/c17-15(18,16(19,20)21)11-7-5-3-1-2-4-6-8-12-22-14-10-9-13-23-14/h14H,1-13H2. The summed E-state index contributed by atoms with van der Waals surface area (Å²) in [6.07, 6.45) is 1.42. The minimum atomic E-state index is -5.42. The minimum Gasteiger partial charge on any atom is -0.353 e. The van der Waals surface area contributed by atoms with Gasteiger partial charge in [-0.3, -0.25) is 0 Å². The van der Waals surface area contributed by atoms with Crippen LogP contribution in [0, 0.1) is 0 Å². The first-order valence-electron chi connectivity index (χ1n) is 8.51. The van der Waals surface area contributed by atoms with Gasteiger partial charge in [-0.1, -0.05) is 38.5 Å². The fourth-order valence-corrected chi connectivity index (χ4v) is 2.55. The zero-order valence-electron chi connectivity index (χ0n) is 13.5. The molecule has 0 spiro atoms. The number of alkyl halides is 5. The van der Waals surface area contributed by atoms with Crippen molar-refractivity contribution in [2.24, 2.45) is 0 Å². The fraction of sp³-hybridized carbons (Fsp3) is 1.00. The third-order valence-electron chi connectivity index (χ3n) is 3.99. The monoisotopic (exact) mass is 346 g/mol. The van der Waals surface area contributed by atoms with E-state index in [9.17, 15) is 22.0 Å². The van der Waals surface area contributed by atoms with Gasteiger partial charge in [0.2, 0.25) is 0 Å². The molecular weight excluding hydrogens is 319 g/mol. The molecule has 0 amide bonds. The lowest BCUT2D eigenvalue weighted by molar-refractivity contribution is -0.284. The predicted octanol–water partition coefficient (Wildman–Crippen LogP) is 5.85. The van der Waals surface area contributed by atoms with E-state index in [1.807, 2.05) is 0 Å². The molecule has 1 atom stereocenters. The number of ether oxygens (including phenoxy) is 2. The molecule has 23 heavy (non-hydrogen) atoms. The Labute approximate surface area is 134 Å². The highest BCUT2D eigenvalue weighted by atomic mass is 19.4. The maximum atomic E-state index is 12.6. The molecule has 138 valence electrons. The second-order valence-electron chi connectivity index (χ2n) is 6.09. The molecule has 1 unspecified atom stereocenters. The molecule has 1 aliphatic rings. The molecule has 1 saturated heterocycles. The van der Waals surface area contributed by atoms with Crippen molar-refractivity contribution in [3.63, 3.8) is 0 Å². The van der Waals surface area contributed by atoms with Crippen LogP contribution in [0.4, 0.5) is 22.0 Å². The fourth-order valence-electron chi connectivity index (χ4n) is 2.55. The van der Waals surface area contributed by atoms with Crippen LogP contribution in [0.1, 0.15) is 70.6 Å². The SMILES string of the molecule is FC(F)(F)C(F)(F)CCCCCCCCCCOC1CCCO1. The lowest BCUT2D eigenvalue weighted by Crippen LogP contribution is -2.36. The van der Waals surface area contributed by atoms with Gasteiger partial charge in [-0.05, 0) is 19.3 Å². The molecule has 0 aromatic carbocycles. The normalized spacial score (nSPS) is 19.4. The summed E-state index contributed by atoms with van der Waals surface area (Å²) in [5.41, 5.74) is 0. The molecule has 1 fully saturated rings. The number of hydrogen-bond acceptors (Lipinski definition) is 2. The molecule has 0 N–H and O–H groups in total. The summed E-state index contributed by atoms with van der Waals surface area (Å²) in [7, 11) is 0. The summed E-state index contributed by atoms with van der Waals surface area (Å²) >= 11 is 0. The van der Waals surface area contributed by atoms with Gasteiger partial charge in [0.25, 0.3) is 0 Å². The van der Waals surface area contributed by atoms with Gasteiger partial charge in [0.1, 0.15) is 0 Å². The highest BCUT2D eigenvalue weighted by Crippen LogP contribution is 2.39. The van der Waals surface area contributed by atoms with Crippen molar-refractivity contribution in [2.75, 3.05) is 13.2 Å². The van der Waals surface area contributed by atoms with Crippen molar-refractivity contribution < 1.29 is 31.4 Å². The van der Waals surface area contributed by atoms with Gasteiger partial charge in [0.05, 0.1) is 0 Å². The third-order valence-corrected chi connectivity index (χ3v) is 3.99. The Morgan fingerprint density at radius 1 is 0.826 bits per heavy atom. The number of hydrogen-bond donors (Lipinski definition) is 0. The minimum absolute atomic E-state index is 0.0372. The quantitative estimate of drug-likeness (QED) is 0.326. The van der Waals surface area contributed by atoms with Gasteiger partial charge in [-0.25, -0.2) is 0 Å². The zero-order chi connectivity index (χ0) is 17.2. The molecular formula is C16H27F5O2. The summed E-state index contributed by atoms with van der Waals surface area (Å²) in [5, 5.41) is 0. The topological polar surface area (TPSA) is 18.5 Å². The van der Waals surface area contributed by atoms with Crippen molar-refractivity contribution in [1.82, 2.24) is 0 Å². The number of unbranched alkanes of at least 4 members (excludes halogenated alkanes) is 7. The van der Waals surface area contributed by atoms with E-state index in [0.717, 1.165) is 51.6 Å². The van der Waals surface area contributed by atoms with Gasteiger partial charge in [-0.2, -0.15) is 22.0 Å². The Morgan fingerprint density at radius 3 is 1.91 bits per heavy atom. The third kappa shape index (κ3) is 8.84. The summed E-state index contributed by atoms with van der Waals surface area (Å²) < 4.78 is 72.0. The average molecular weight is 346 g/mol. The van der Waals surface area contributed by atoms with Crippen molar-refractivity contribution in [3.05, 3.63) is 0 Å². The lowest BCUT2D eigenvalue weighted by Gasteiger charge is -2.19. The van der Waals surface area contributed by atoms with E-state index in [4.69, 9.17) is 9.47 Å². The Bertz CT molecular complexity index is 301. The van der Waals surface area contributed by atoms with Gasteiger partial charge in [-0.15, -0.1) is 0 Å².